The van der Waals surface area contributed by atoms with Crippen LogP contribution in [0, 0.1) is 11.6 Å². The maximum absolute atomic E-state index is 13.5. The second-order valence-corrected chi connectivity index (χ2v) is 6.80. The van der Waals surface area contributed by atoms with Gasteiger partial charge in [-0.3, -0.25) is 4.79 Å². The molecule has 1 fully saturated rings. The Bertz CT molecular complexity index is 881. The number of hydrogen-bond acceptors (Lipinski definition) is 4. The number of nitrogens with zero attached hydrogens (tertiary/aromatic N) is 1. The number of anilines is 1. The summed E-state index contributed by atoms with van der Waals surface area (Å²) in [4.78, 5) is 13.0. The average Bonchev–Trinajstić information content (AvgIpc) is 2.96. The molecular weight excluding hydrogens is 340 g/mol. The van der Waals surface area contributed by atoms with Crippen molar-refractivity contribution >= 4 is 21.7 Å². The van der Waals surface area contributed by atoms with E-state index in [4.69, 9.17) is 4.18 Å². The van der Waals surface area contributed by atoms with Crippen molar-refractivity contribution in [3.63, 3.8) is 0 Å². The first-order valence-corrected chi connectivity index (χ1v) is 8.57. The van der Waals surface area contributed by atoms with E-state index in [1.807, 2.05) is 0 Å². The van der Waals surface area contributed by atoms with Gasteiger partial charge < -0.3 is 9.08 Å². The molecule has 3 rings (SSSR count). The Morgan fingerprint density at radius 1 is 1.04 bits per heavy atom. The van der Waals surface area contributed by atoms with Crippen LogP contribution in [0.25, 0.3) is 0 Å². The minimum Gasteiger partial charge on any atom is -0.376 e. The van der Waals surface area contributed by atoms with Crippen molar-refractivity contribution < 1.29 is 26.2 Å². The number of halogens is 2. The highest BCUT2D eigenvalue weighted by molar-refractivity contribution is 7.87. The lowest BCUT2D eigenvalue weighted by Gasteiger charge is -2.16. The molecule has 0 unspecified atom stereocenters. The summed E-state index contributed by atoms with van der Waals surface area (Å²) in [6.45, 7) is 0.586. The Hall–Kier alpha value is -2.48. The zero-order valence-corrected chi connectivity index (χ0v) is 13.2. The Balaban J connectivity index is 1.83. The molecule has 1 aliphatic heterocycles. The molecule has 1 aliphatic rings. The second-order valence-electron chi connectivity index (χ2n) is 5.26. The van der Waals surface area contributed by atoms with Crippen LogP contribution in [0.2, 0.25) is 0 Å². The van der Waals surface area contributed by atoms with Crippen LogP contribution in [-0.2, 0) is 14.9 Å². The summed E-state index contributed by atoms with van der Waals surface area (Å²) in [5.41, 5.74) is 0.587. The molecule has 5 nitrogen and oxygen atoms in total. The summed E-state index contributed by atoms with van der Waals surface area (Å²) < 4.78 is 55.4. The molecule has 0 spiro atoms. The Morgan fingerprint density at radius 3 is 2.33 bits per heavy atom. The first kappa shape index (κ1) is 16.4. The van der Waals surface area contributed by atoms with Gasteiger partial charge in [-0.2, -0.15) is 8.42 Å². The van der Waals surface area contributed by atoms with Gasteiger partial charge in [-0.15, -0.1) is 0 Å². The predicted octanol–water partition coefficient (Wildman–Crippen LogP) is 2.86. The summed E-state index contributed by atoms with van der Waals surface area (Å²) in [5, 5.41) is 0. The van der Waals surface area contributed by atoms with E-state index in [1.54, 1.807) is 4.90 Å². The monoisotopic (exact) mass is 353 g/mol. The Labute approximate surface area is 137 Å². The van der Waals surface area contributed by atoms with E-state index in [-0.39, 0.29) is 10.8 Å². The van der Waals surface area contributed by atoms with Crippen molar-refractivity contribution in [3.8, 4) is 5.75 Å². The lowest BCUT2D eigenvalue weighted by Crippen LogP contribution is -2.23. The lowest BCUT2D eigenvalue weighted by molar-refractivity contribution is -0.117. The van der Waals surface area contributed by atoms with E-state index in [9.17, 15) is 22.0 Å². The summed E-state index contributed by atoms with van der Waals surface area (Å²) in [6.07, 6.45) is 1.22. The molecular formula is C16H13F2NO4S. The molecule has 24 heavy (non-hydrogen) atoms. The summed E-state index contributed by atoms with van der Waals surface area (Å²) >= 11 is 0. The largest absolute Gasteiger partial charge is 0.376 e. The molecule has 0 N–H and O–H groups in total. The number of rotatable bonds is 4. The third-order valence-electron chi connectivity index (χ3n) is 3.60. The van der Waals surface area contributed by atoms with Crippen LogP contribution in [0.5, 0.6) is 5.75 Å². The van der Waals surface area contributed by atoms with Gasteiger partial charge in [0.1, 0.15) is 10.7 Å². The van der Waals surface area contributed by atoms with Gasteiger partial charge in [-0.25, -0.2) is 8.78 Å². The smallest absolute Gasteiger partial charge is 0.339 e. The van der Waals surface area contributed by atoms with Gasteiger partial charge in [-0.1, -0.05) is 0 Å². The van der Waals surface area contributed by atoms with Crippen LogP contribution in [0.15, 0.2) is 47.4 Å². The van der Waals surface area contributed by atoms with Gasteiger partial charge in [0.25, 0.3) is 0 Å². The van der Waals surface area contributed by atoms with Crippen LogP contribution >= 0.6 is 0 Å². The zero-order chi connectivity index (χ0) is 17.3. The lowest BCUT2D eigenvalue weighted by atomic mass is 10.3. The normalized spacial score (nSPS) is 14.9. The van der Waals surface area contributed by atoms with Crippen molar-refractivity contribution in [3.05, 3.63) is 54.1 Å². The standard InChI is InChI=1S/C16H13F2NO4S/c17-11-3-8-15(14(18)10-11)23-24(21,22)13-6-4-12(5-7-13)19-9-1-2-16(19)20/h3-8,10H,1-2,9H2. The Kier molecular flexibility index (Phi) is 4.23. The average molecular weight is 353 g/mol. The molecule has 0 aliphatic carbocycles. The van der Waals surface area contributed by atoms with E-state index in [2.05, 4.69) is 0 Å². The van der Waals surface area contributed by atoms with Crippen LogP contribution in [0.3, 0.4) is 0 Å². The van der Waals surface area contributed by atoms with E-state index >= 15 is 0 Å². The van der Waals surface area contributed by atoms with Crippen molar-refractivity contribution in [2.75, 3.05) is 11.4 Å². The van der Waals surface area contributed by atoms with Crippen LogP contribution < -0.4 is 9.08 Å². The second kappa shape index (κ2) is 6.20. The number of carbonyl (C=O) groups excluding carboxylic acids is 1. The quantitative estimate of drug-likeness (QED) is 0.793. The third kappa shape index (κ3) is 3.23. The molecule has 0 radical (unpaired) electrons. The maximum Gasteiger partial charge on any atom is 0.339 e. The van der Waals surface area contributed by atoms with Crippen molar-refractivity contribution in [1.29, 1.82) is 0 Å². The first-order chi connectivity index (χ1) is 11.4. The third-order valence-corrected chi connectivity index (χ3v) is 4.85. The molecule has 126 valence electrons. The van der Waals surface area contributed by atoms with Gasteiger partial charge in [0, 0.05) is 24.7 Å². The van der Waals surface area contributed by atoms with Crippen LogP contribution in [-0.4, -0.2) is 20.9 Å². The molecule has 2 aromatic carbocycles. The van der Waals surface area contributed by atoms with Crippen molar-refractivity contribution in [1.82, 2.24) is 0 Å². The molecule has 1 heterocycles. The SMILES string of the molecule is O=C1CCCN1c1ccc(S(=O)(=O)Oc2ccc(F)cc2F)cc1. The summed E-state index contributed by atoms with van der Waals surface area (Å²) in [6, 6.07) is 7.86. The number of hydrogen-bond donors (Lipinski definition) is 0. The van der Waals surface area contributed by atoms with Crippen molar-refractivity contribution in [2.24, 2.45) is 0 Å². The minimum absolute atomic E-state index is 0.0183. The van der Waals surface area contributed by atoms with Crippen molar-refractivity contribution in [2.45, 2.75) is 17.7 Å². The van der Waals surface area contributed by atoms with Crippen LogP contribution in [0.4, 0.5) is 14.5 Å². The van der Waals surface area contributed by atoms with Gasteiger partial charge >= 0.3 is 10.1 Å². The van der Waals surface area contributed by atoms with E-state index < -0.39 is 27.5 Å². The fraction of sp³-hybridized carbons (Fsp3) is 0.188. The molecule has 1 amide bonds. The number of carbonyl (C=O) groups is 1. The first-order valence-electron chi connectivity index (χ1n) is 7.17. The zero-order valence-electron chi connectivity index (χ0n) is 12.4. The summed E-state index contributed by atoms with van der Waals surface area (Å²) in [7, 11) is -4.27. The molecule has 0 saturated carbocycles. The van der Waals surface area contributed by atoms with E-state index in [0.29, 0.717) is 24.7 Å². The molecule has 1 saturated heterocycles. The highest BCUT2D eigenvalue weighted by Crippen LogP contribution is 2.26. The fourth-order valence-electron chi connectivity index (χ4n) is 2.42. The predicted molar refractivity (Wildman–Crippen MR) is 82.2 cm³/mol. The fourth-order valence-corrected chi connectivity index (χ4v) is 3.36. The highest BCUT2D eigenvalue weighted by atomic mass is 32.2. The van der Waals surface area contributed by atoms with Gasteiger partial charge in [0.2, 0.25) is 5.91 Å². The maximum atomic E-state index is 13.5. The van der Waals surface area contributed by atoms with E-state index in [1.165, 1.54) is 24.3 Å². The highest BCUT2D eigenvalue weighted by Gasteiger charge is 2.23. The topological polar surface area (TPSA) is 63.7 Å². The molecule has 0 aromatic heterocycles. The minimum atomic E-state index is -4.27. The molecule has 2 aromatic rings. The summed E-state index contributed by atoms with van der Waals surface area (Å²) in [5.74, 6) is -2.56. The van der Waals surface area contributed by atoms with Gasteiger partial charge in [0.05, 0.1) is 0 Å². The Morgan fingerprint density at radius 2 is 1.75 bits per heavy atom. The van der Waals surface area contributed by atoms with Gasteiger partial charge in [-0.05, 0) is 42.8 Å². The van der Waals surface area contributed by atoms with Gasteiger partial charge in [0.15, 0.2) is 11.6 Å². The van der Waals surface area contributed by atoms with E-state index in [0.717, 1.165) is 18.6 Å². The number of benzene rings is 2. The molecule has 0 atom stereocenters. The number of amides is 1. The molecule has 0 bridgehead atoms. The molecule has 8 heteroatoms. The van der Waals surface area contributed by atoms with Crippen LogP contribution in [0.1, 0.15) is 12.8 Å².